The van der Waals surface area contributed by atoms with E-state index in [2.05, 4.69) is 9.82 Å². The van der Waals surface area contributed by atoms with Crippen LogP contribution in [0.15, 0.2) is 35.5 Å². The highest BCUT2D eigenvalue weighted by atomic mass is 32.2. The molecule has 26 heavy (non-hydrogen) atoms. The number of hydrogen-bond acceptors (Lipinski definition) is 6. The number of benzene rings is 1. The van der Waals surface area contributed by atoms with E-state index in [1.54, 1.807) is 24.0 Å². The quantitative estimate of drug-likeness (QED) is 0.806. The third kappa shape index (κ3) is 3.13. The Balaban J connectivity index is 1.60. The van der Waals surface area contributed by atoms with Crippen molar-refractivity contribution in [2.75, 3.05) is 6.61 Å². The van der Waals surface area contributed by atoms with Crippen LogP contribution in [0.5, 0.6) is 0 Å². The van der Waals surface area contributed by atoms with Gasteiger partial charge in [0.1, 0.15) is 12.7 Å². The number of ether oxygens (including phenoxy) is 2. The van der Waals surface area contributed by atoms with E-state index in [1.807, 2.05) is 6.20 Å². The summed E-state index contributed by atoms with van der Waals surface area (Å²) in [7, 11) is -2.00. The van der Waals surface area contributed by atoms with Gasteiger partial charge in [-0.15, -0.1) is 0 Å². The smallest absolute Gasteiger partial charge is 0.338 e. The molecule has 0 radical (unpaired) electrons. The van der Waals surface area contributed by atoms with Crippen molar-refractivity contribution in [3.63, 3.8) is 0 Å². The molecule has 4 rings (SSSR count). The van der Waals surface area contributed by atoms with Crippen LogP contribution < -0.4 is 4.72 Å². The Labute approximate surface area is 151 Å². The number of aromatic nitrogens is 2. The normalized spacial score (nSPS) is 22.9. The maximum absolute atomic E-state index is 12.8. The fourth-order valence-electron chi connectivity index (χ4n) is 3.34. The first-order valence-corrected chi connectivity index (χ1v) is 9.85. The monoisotopic (exact) mass is 377 g/mol. The zero-order chi connectivity index (χ0) is 18.3. The number of carbonyl (C=O) groups is 1. The summed E-state index contributed by atoms with van der Waals surface area (Å²) >= 11 is 0. The maximum Gasteiger partial charge on any atom is 0.338 e. The number of fused-ring (bicyclic) bond motifs is 1. The Kier molecular flexibility index (Phi) is 4.29. The van der Waals surface area contributed by atoms with Gasteiger partial charge in [-0.25, -0.2) is 17.9 Å². The second-order valence-electron chi connectivity index (χ2n) is 6.50. The molecule has 2 atom stereocenters. The zero-order valence-electron chi connectivity index (χ0n) is 14.2. The number of esters is 1. The average Bonchev–Trinajstić information content (AvgIpc) is 3.21. The Hall–Kier alpha value is -2.23. The molecule has 1 aromatic heterocycles. The minimum Gasteiger partial charge on any atom is -0.457 e. The van der Waals surface area contributed by atoms with Crippen LogP contribution in [0.25, 0.3) is 0 Å². The average molecular weight is 377 g/mol. The molecule has 3 heterocycles. The van der Waals surface area contributed by atoms with Crippen molar-refractivity contribution in [1.82, 2.24) is 14.5 Å². The predicted octanol–water partition coefficient (Wildman–Crippen LogP) is 1.29. The lowest BCUT2D eigenvalue weighted by atomic mass is 9.99. The molecule has 1 fully saturated rings. The van der Waals surface area contributed by atoms with Crippen LogP contribution in [0.3, 0.4) is 0 Å². The number of rotatable bonds is 4. The first kappa shape index (κ1) is 17.2. The molecular weight excluding hydrogens is 358 g/mol. The summed E-state index contributed by atoms with van der Waals surface area (Å²) in [4.78, 5) is 11.8. The number of hydrogen-bond donors (Lipinski definition) is 1. The lowest BCUT2D eigenvalue weighted by molar-refractivity contribution is -0.00446. The van der Waals surface area contributed by atoms with Crippen molar-refractivity contribution in [1.29, 1.82) is 0 Å². The van der Waals surface area contributed by atoms with Crippen LogP contribution in [0.2, 0.25) is 0 Å². The fourth-order valence-corrected chi connectivity index (χ4v) is 4.64. The molecule has 2 aliphatic rings. The highest BCUT2D eigenvalue weighted by molar-refractivity contribution is 7.89. The molecule has 0 amide bonds. The van der Waals surface area contributed by atoms with Gasteiger partial charge in [0.25, 0.3) is 0 Å². The molecule has 2 aliphatic heterocycles. The van der Waals surface area contributed by atoms with Gasteiger partial charge in [0.05, 0.1) is 22.7 Å². The summed E-state index contributed by atoms with van der Waals surface area (Å²) < 4.78 is 40.8. The van der Waals surface area contributed by atoms with Crippen LogP contribution in [-0.4, -0.2) is 36.8 Å². The van der Waals surface area contributed by atoms with Crippen LogP contribution in [0.1, 0.15) is 40.4 Å². The SMILES string of the molecule is Cn1cc([C@H]2OCCC[C@@H]2NS(=O)(=O)c2ccc3c(c2)C(=O)OC3)cn1. The number of nitrogens with one attached hydrogen (secondary N) is 1. The van der Waals surface area contributed by atoms with Gasteiger partial charge in [-0.05, 0) is 25.0 Å². The van der Waals surface area contributed by atoms with Gasteiger partial charge in [-0.1, -0.05) is 6.07 Å². The molecule has 9 heteroatoms. The van der Waals surface area contributed by atoms with Crippen LogP contribution in [-0.2, 0) is 33.2 Å². The minimum absolute atomic E-state index is 0.0469. The van der Waals surface area contributed by atoms with Crippen LogP contribution >= 0.6 is 0 Å². The molecule has 8 nitrogen and oxygen atoms in total. The first-order chi connectivity index (χ1) is 12.4. The fraction of sp³-hybridized carbons (Fsp3) is 0.412. The molecule has 0 bridgehead atoms. The Morgan fingerprint density at radius 1 is 1.35 bits per heavy atom. The highest BCUT2D eigenvalue weighted by Gasteiger charge is 2.33. The molecule has 0 saturated carbocycles. The maximum atomic E-state index is 12.8. The number of nitrogens with zero attached hydrogens (tertiary/aromatic N) is 2. The molecule has 1 N–H and O–H groups in total. The predicted molar refractivity (Wildman–Crippen MR) is 90.8 cm³/mol. The summed E-state index contributed by atoms with van der Waals surface area (Å²) in [6, 6.07) is 4.07. The molecular formula is C17H19N3O5S. The summed E-state index contributed by atoms with van der Waals surface area (Å²) in [5, 5.41) is 4.14. The Morgan fingerprint density at radius 3 is 2.96 bits per heavy atom. The van der Waals surface area contributed by atoms with Crippen molar-refractivity contribution < 1.29 is 22.7 Å². The van der Waals surface area contributed by atoms with Gasteiger partial charge < -0.3 is 9.47 Å². The van der Waals surface area contributed by atoms with E-state index >= 15 is 0 Å². The molecule has 2 aromatic rings. The van der Waals surface area contributed by atoms with E-state index in [4.69, 9.17) is 9.47 Å². The van der Waals surface area contributed by atoms with Crippen molar-refractivity contribution in [2.45, 2.75) is 36.5 Å². The molecule has 1 saturated heterocycles. The largest absolute Gasteiger partial charge is 0.457 e. The van der Waals surface area contributed by atoms with Crippen molar-refractivity contribution in [2.24, 2.45) is 7.05 Å². The lowest BCUT2D eigenvalue weighted by Crippen LogP contribution is -2.42. The standard InChI is InChI=1S/C17H19N3O5S/c1-20-9-12(8-18-20)16-15(3-2-6-24-16)19-26(22,23)13-5-4-11-10-25-17(21)14(11)7-13/h4-5,7-9,15-16,19H,2-3,6,10H2,1H3/t15-,16+/m0/s1. The van der Waals surface area contributed by atoms with E-state index in [1.165, 1.54) is 12.1 Å². The van der Waals surface area contributed by atoms with Crippen molar-refractivity contribution in [3.05, 3.63) is 47.3 Å². The Morgan fingerprint density at radius 2 is 2.19 bits per heavy atom. The summed E-state index contributed by atoms with van der Waals surface area (Å²) in [5.41, 5.74) is 1.83. The van der Waals surface area contributed by atoms with Gasteiger partial charge >= 0.3 is 5.97 Å². The van der Waals surface area contributed by atoms with Gasteiger partial charge in [0, 0.05) is 31.0 Å². The second kappa shape index (κ2) is 6.49. The minimum atomic E-state index is -3.80. The molecule has 138 valence electrons. The summed E-state index contributed by atoms with van der Waals surface area (Å²) in [6.45, 7) is 0.754. The van der Waals surface area contributed by atoms with E-state index in [9.17, 15) is 13.2 Å². The van der Waals surface area contributed by atoms with Gasteiger partial charge in [-0.3, -0.25) is 4.68 Å². The van der Waals surface area contributed by atoms with Crippen LogP contribution in [0.4, 0.5) is 0 Å². The lowest BCUT2D eigenvalue weighted by Gasteiger charge is -2.31. The Bertz CT molecular complexity index is 953. The second-order valence-corrected chi connectivity index (χ2v) is 8.22. The zero-order valence-corrected chi connectivity index (χ0v) is 15.0. The highest BCUT2D eigenvalue weighted by Crippen LogP contribution is 2.30. The summed E-state index contributed by atoms with van der Waals surface area (Å²) in [5.74, 6) is -0.494. The molecule has 0 unspecified atom stereocenters. The first-order valence-electron chi connectivity index (χ1n) is 8.36. The van der Waals surface area contributed by atoms with Crippen molar-refractivity contribution >= 4 is 16.0 Å². The summed E-state index contributed by atoms with van der Waals surface area (Å²) in [6.07, 6.45) is 4.53. The number of cyclic esters (lactones) is 1. The van der Waals surface area contributed by atoms with Gasteiger partial charge in [-0.2, -0.15) is 5.10 Å². The van der Waals surface area contributed by atoms with E-state index < -0.39 is 28.1 Å². The third-order valence-electron chi connectivity index (χ3n) is 4.65. The van der Waals surface area contributed by atoms with Crippen LogP contribution in [0, 0.1) is 0 Å². The van der Waals surface area contributed by atoms with E-state index in [-0.39, 0.29) is 11.5 Å². The van der Waals surface area contributed by atoms with Crippen molar-refractivity contribution in [3.8, 4) is 0 Å². The third-order valence-corrected chi connectivity index (χ3v) is 6.14. The number of sulfonamides is 1. The number of carbonyl (C=O) groups excluding carboxylic acids is 1. The molecule has 0 aliphatic carbocycles. The van der Waals surface area contributed by atoms with E-state index in [0.29, 0.717) is 24.2 Å². The van der Waals surface area contributed by atoms with E-state index in [0.717, 1.165) is 12.0 Å². The molecule has 0 spiro atoms. The molecule has 1 aromatic carbocycles. The van der Waals surface area contributed by atoms with Gasteiger partial charge in [0.15, 0.2) is 0 Å². The number of aryl methyl sites for hydroxylation is 1. The van der Waals surface area contributed by atoms with Gasteiger partial charge in [0.2, 0.25) is 10.0 Å². The topological polar surface area (TPSA) is 99.5 Å².